The average Bonchev–Trinajstić information content (AvgIpc) is 3.41. The molecule has 140 valence electrons. The lowest BCUT2D eigenvalue weighted by molar-refractivity contribution is -0.153. The molecule has 1 saturated carbocycles. The normalized spacial score (nSPS) is 30.6. The molecule has 1 aliphatic heterocycles. The molecule has 3 rings (SSSR count). The maximum atomic E-state index is 12.3. The maximum absolute atomic E-state index is 12.3. The highest BCUT2D eigenvalue weighted by molar-refractivity contribution is 5.76. The van der Waals surface area contributed by atoms with Crippen LogP contribution in [0.5, 0.6) is 0 Å². The summed E-state index contributed by atoms with van der Waals surface area (Å²) in [5.41, 5.74) is 0. The molecule has 4 unspecified atom stereocenters. The summed E-state index contributed by atoms with van der Waals surface area (Å²) in [6, 6.07) is 0. The predicted molar refractivity (Wildman–Crippen MR) is 93.1 cm³/mol. The molecule has 1 heterocycles. The SMILES string of the molecule is O=C(CCC1OC1C(=O)O)OC(CC1CCCCC1)C1CC=CCC1. The summed E-state index contributed by atoms with van der Waals surface area (Å²) >= 11 is 0. The largest absolute Gasteiger partial charge is 0.479 e. The number of hydrogen-bond acceptors (Lipinski definition) is 4. The Bertz CT molecular complexity index is 494. The van der Waals surface area contributed by atoms with E-state index in [0.717, 1.165) is 25.7 Å². The Morgan fingerprint density at radius 3 is 2.60 bits per heavy atom. The highest BCUT2D eigenvalue weighted by atomic mass is 16.6. The third kappa shape index (κ3) is 5.56. The first-order chi connectivity index (χ1) is 12.1. The van der Waals surface area contributed by atoms with Crippen LogP contribution in [-0.4, -0.2) is 35.4 Å². The number of rotatable bonds is 8. The second-order valence-electron chi connectivity index (χ2n) is 7.78. The summed E-state index contributed by atoms with van der Waals surface area (Å²) in [5, 5.41) is 8.84. The third-order valence-electron chi connectivity index (χ3n) is 5.87. The molecule has 2 aliphatic carbocycles. The summed E-state index contributed by atoms with van der Waals surface area (Å²) in [7, 11) is 0. The van der Waals surface area contributed by atoms with Crippen molar-refractivity contribution >= 4 is 11.9 Å². The molecule has 25 heavy (non-hydrogen) atoms. The number of esters is 1. The number of carboxylic acid groups (broad SMARTS) is 1. The van der Waals surface area contributed by atoms with Crippen LogP contribution in [0.2, 0.25) is 0 Å². The summed E-state index contributed by atoms with van der Waals surface area (Å²) < 4.78 is 10.9. The lowest BCUT2D eigenvalue weighted by atomic mass is 9.80. The molecule has 2 fully saturated rings. The van der Waals surface area contributed by atoms with Crippen molar-refractivity contribution in [2.75, 3.05) is 0 Å². The van der Waals surface area contributed by atoms with E-state index in [0.29, 0.717) is 18.3 Å². The zero-order valence-corrected chi connectivity index (χ0v) is 14.9. The van der Waals surface area contributed by atoms with Crippen molar-refractivity contribution in [3.63, 3.8) is 0 Å². The van der Waals surface area contributed by atoms with Gasteiger partial charge < -0.3 is 14.6 Å². The van der Waals surface area contributed by atoms with E-state index < -0.39 is 12.1 Å². The van der Waals surface area contributed by atoms with Crippen molar-refractivity contribution < 1.29 is 24.2 Å². The first-order valence-electron chi connectivity index (χ1n) is 9.86. The molecule has 4 atom stereocenters. The minimum absolute atomic E-state index is 0.0101. The van der Waals surface area contributed by atoms with Gasteiger partial charge in [0.15, 0.2) is 6.10 Å². The van der Waals surface area contributed by atoms with E-state index in [4.69, 9.17) is 14.6 Å². The zero-order valence-electron chi connectivity index (χ0n) is 14.9. The van der Waals surface area contributed by atoms with Crippen LogP contribution in [0, 0.1) is 11.8 Å². The number of aliphatic carboxylic acids is 1. The van der Waals surface area contributed by atoms with Crippen LogP contribution in [0.25, 0.3) is 0 Å². The second kappa shape index (κ2) is 8.84. The van der Waals surface area contributed by atoms with E-state index in [1.54, 1.807) is 0 Å². The third-order valence-corrected chi connectivity index (χ3v) is 5.87. The maximum Gasteiger partial charge on any atom is 0.335 e. The monoisotopic (exact) mass is 350 g/mol. The van der Waals surface area contributed by atoms with Gasteiger partial charge in [0.2, 0.25) is 0 Å². The van der Waals surface area contributed by atoms with Gasteiger partial charge in [-0.25, -0.2) is 4.79 Å². The van der Waals surface area contributed by atoms with Gasteiger partial charge in [-0.2, -0.15) is 0 Å². The van der Waals surface area contributed by atoms with Gasteiger partial charge in [-0.3, -0.25) is 4.79 Å². The van der Waals surface area contributed by atoms with Gasteiger partial charge in [-0.1, -0.05) is 44.3 Å². The van der Waals surface area contributed by atoms with E-state index in [9.17, 15) is 9.59 Å². The predicted octanol–water partition coefficient (Wildman–Crippen LogP) is 3.86. The first kappa shape index (κ1) is 18.4. The van der Waals surface area contributed by atoms with Crippen molar-refractivity contribution in [3.05, 3.63) is 12.2 Å². The highest BCUT2D eigenvalue weighted by Gasteiger charge is 2.45. The lowest BCUT2D eigenvalue weighted by Gasteiger charge is -2.32. The number of carboxylic acids is 1. The van der Waals surface area contributed by atoms with Crippen molar-refractivity contribution in [1.82, 2.24) is 0 Å². The van der Waals surface area contributed by atoms with Gasteiger partial charge >= 0.3 is 11.9 Å². The van der Waals surface area contributed by atoms with Crippen molar-refractivity contribution in [2.45, 2.75) is 88.9 Å². The van der Waals surface area contributed by atoms with Gasteiger partial charge in [-0.15, -0.1) is 0 Å². The summed E-state index contributed by atoms with van der Waals surface area (Å²) in [4.78, 5) is 23.1. The van der Waals surface area contributed by atoms with E-state index >= 15 is 0 Å². The Kier molecular flexibility index (Phi) is 6.51. The molecule has 5 nitrogen and oxygen atoms in total. The molecule has 0 aromatic heterocycles. The van der Waals surface area contributed by atoms with E-state index in [2.05, 4.69) is 12.2 Å². The molecule has 5 heteroatoms. The second-order valence-corrected chi connectivity index (χ2v) is 7.78. The number of hydrogen-bond donors (Lipinski definition) is 1. The van der Waals surface area contributed by atoms with Gasteiger partial charge in [0, 0.05) is 6.42 Å². The number of ether oxygens (including phenoxy) is 2. The molecule has 1 N–H and O–H groups in total. The highest BCUT2D eigenvalue weighted by Crippen LogP contribution is 2.34. The molecule has 3 aliphatic rings. The number of epoxide rings is 1. The molecular formula is C20H30O5. The summed E-state index contributed by atoms with van der Waals surface area (Å²) in [5.74, 6) is -0.0297. The van der Waals surface area contributed by atoms with Crippen LogP contribution in [0.15, 0.2) is 12.2 Å². The summed E-state index contributed by atoms with van der Waals surface area (Å²) in [6.45, 7) is 0. The topological polar surface area (TPSA) is 76.1 Å². The van der Waals surface area contributed by atoms with Crippen LogP contribution < -0.4 is 0 Å². The molecule has 1 saturated heterocycles. The number of carbonyl (C=O) groups is 2. The van der Waals surface area contributed by atoms with Crippen LogP contribution in [0.3, 0.4) is 0 Å². The van der Waals surface area contributed by atoms with Gasteiger partial charge in [0.05, 0.1) is 6.10 Å². The minimum atomic E-state index is -0.942. The van der Waals surface area contributed by atoms with E-state index in [-0.39, 0.29) is 24.6 Å². The van der Waals surface area contributed by atoms with Crippen molar-refractivity contribution in [2.24, 2.45) is 11.8 Å². The molecule has 0 aromatic carbocycles. The van der Waals surface area contributed by atoms with Crippen LogP contribution >= 0.6 is 0 Å². The Hall–Kier alpha value is -1.36. The van der Waals surface area contributed by atoms with Crippen LogP contribution in [-0.2, 0) is 19.1 Å². The Balaban J connectivity index is 1.48. The quantitative estimate of drug-likeness (QED) is 0.409. The fourth-order valence-corrected chi connectivity index (χ4v) is 4.31. The lowest BCUT2D eigenvalue weighted by Crippen LogP contribution is -2.30. The van der Waals surface area contributed by atoms with Gasteiger partial charge in [-0.05, 0) is 43.9 Å². The smallest absolute Gasteiger partial charge is 0.335 e. The fraction of sp³-hybridized carbons (Fsp3) is 0.800. The zero-order chi connectivity index (χ0) is 17.6. The van der Waals surface area contributed by atoms with Gasteiger partial charge in [0.1, 0.15) is 6.10 Å². The molecule has 0 bridgehead atoms. The number of carbonyl (C=O) groups excluding carboxylic acids is 1. The molecule has 0 aromatic rings. The molecular weight excluding hydrogens is 320 g/mol. The summed E-state index contributed by atoms with van der Waals surface area (Å²) in [6.07, 6.45) is 14.7. The van der Waals surface area contributed by atoms with Crippen LogP contribution in [0.1, 0.15) is 70.6 Å². The first-order valence-corrected chi connectivity index (χ1v) is 9.86. The van der Waals surface area contributed by atoms with Crippen LogP contribution in [0.4, 0.5) is 0 Å². The molecule has 0 radical (unpaired) electrons. The van der Waals surface area contributed by atoms with Gasteiger partial charge in [0.25, 0.3) is 0 Å². The molecule has 0 amide bonds. The average molecular weight is 350 g/mol. The standard InChI is InChI=1S/C20H30O5/c21-18(12-11-16-19(25-16)20(22)23)24-17(15-9-5-2-6-10-15)13-14-7-3-1-4-8-14/h2,5,14-17,19H,1,3-4,6-13H2,(H,22,23). The Morgan fingerprint density at radius 2 is 1.96 bits per heavy atom. The molecule has 0 spiro atoms. The van der Waals surface area contributed by atoms with Crippen molar-refractivity contribution in [1.29, 1.82) is 0 Å². The fourth-order valence-electron chi connectivity index (χ4n) is 4.31. The Labute approximate surface area is 149 Å². The number of allylic oxidation sites excluding steroid dienone is 2. The minimum Gasteiger partial charge on any atom is -0.479 e. The Morgan fingerprint density at radius 1 is 1.16 bits per heavy atom. The van der Waals surface area contributed by atoms with E-state index in [1.807, 2.05) is 0 Å². The van der Waals surface area contributed by atoms with E-state index in [1.165, 1.54) is 32.1 Å². The van der Waals surface area contributed by atoms with Crippen molar-refractivity contribution in [3.8, 4) is 0 Å².